The number of aliphatic carboxylic acids is 1. The Bertz CT molecular complexity index is 1090. The third kappa shape index (κ3) is 3.98. The van der Waals surface area contributed by atoms with Crippen LogP contribution in [-0.4, -0.2) is 41.6 Å². The molecule has 0 fully saturated rings. The van der Waals surface area contributed by atoms with Gasteiger partial charge >= 0.3 is 5.97 Å². The van der Waals surface area contributed by atoms with Gasteiger partial charge in [-0.25, -0.2) is 8.42 Å². The minimum absolute atomic E-state index is 0.141. The van der Waals surface area contributed by atoms with E-state index in [-0.39, 0.29) is 19.5 Å². The molecule has 30 heavy (non-hydrogen) atoms. The van der Waals surface area contributed by atoms with Gasteiger partial charge in [0, 0.05) is 13.1 Å². The normalized spacial score (nSPS) is 17.1. The number of carbonyl (C=O) groups is 1. The largest absolute Gasteiger partial charge is 0.480 e. The molecule has 1 unspecified atom stereocenters. The first-order valence-electron chi connectivity index (χ1n) is 9.90. The standard InChI is InChI=1S/C24H27NO4S/c1-4-14-24(3,23(26)27)30(28,29)25-15-12-19(13-16-25)21-10-11-22(18(2)17-21)20-8-6-5-7-9-20/h4-12,17H,1,13-16H2,2-3H3,(H,26,27). The number of benzene rings is 2. The lowest BCUT2D eigenvalue weighted by Gasteiger charge is -2.33. The van der Waals surface area contributed by atoms with Crippen LogP contribution < -0.4 is 0 Å². The Morgan fingerprint density at radius 3 is 2.43 bits per heavy atom. The summed E-state index contributed by atoms with van der Waals surface area (Å²) in [6, 6.07) is 16.4. The summed E-state index contributed by atoms with van der Waals surface area (Å²) in [5.41, 5.74) is 5.62. The van der Waals surface area contributed by atoms with E-state index in [0.29, 0.717) is 6.42 Å². The van der Waals surface area contributed by atoms with Gasteiger partial charge in [0.1, 0.15) is 0 Å². The van der Waals surface area contributed by atoms with Crippen molar-refractivity contribution in [2.24, 2.45) is 0 Å². The molecule has 2 aromatic rings. The Kier molecular flexibility index (Phi) is 6.29. The Morgan fingerprint density at radius 2 is 1.90 bits per heavy atom. The zero-order valence-electron chi connectivity index (χ0n) is 17.3. The molecule has 0 amide bonds. The molecule has 6 heteroatoms. The van der Waals surface area contributed by atoms with Crippen LogP contribution >= 0.6 is 0 Å². The fraction of sp³-hybridized carbons (Fsp3) is 0.292. The van der Waals surface area contributed by atoms with Gasteiger partial charge in [-0.05, 0) is 54.5 Å². The van der Waals surface area contributed by atoms with E-state index in [1.54, 1.807) is 0 Å². The van der Waals surface area contributed by atoms with Crippen molar-refractivity contribution < 1.29 is 18.3 Å². The SMILES string of the molecule is C=CCC(C)(C(=O)O)S(=O)(=O)N1CC=C(c2ccc(-c3ccccc3)c(C)c2)CC1. The second kappa shape index (κ2) is 8.58. The van der Waals surface area contributed by atoms with Crippen molar-refractivity contribution in [2.45, 2.75) is 31.4 Å². The van der Waals surface area contributed by atoms with E-state index in [2.05, 4.69) is 43.8 Å². The zero-order valence-corrected chi connectivity index (χ0v) is 18.2. The molecule has 0 bridgehead atoms. The highest BCUT2D eigenvalue weighted by Crippen LogP contribution is 2.32. The molecule has 1 aliphatic rings. The van der Waals surface area contributed by atoms with E-state index >= 15 is 0 Å². The molecule has 1 N–H and O–H groups in total. The predicted molar refractivity (Wildman–Crippen MR) is 121 cm³/mol. The molecule has 0 saturated carbocycles. The molecule has 158 valence electrons. The molecular weight excluding hydrogens is 398 g/mol. The summed E-state index contributed by atoms with van der Waals surface area (Å²) in [6.45, 7) is 7.26. The monoisotopic (exact) mass is 425 g/mol. The van der Waals surface area contributed by atoms with Gasteiger partial charge in [-0.1, -0.05) is 60.7 Å². The minimum Gasteiger partial charge on any atom is -0.480 e. The van der Waals surface area contributed by atoms with Crippen molar-refractivity contribution >= 4 is 21.6 Å². The number of hydrogen-bond donors (Lipinski definition) is 1. The quantitative estimate of drug-likeness (QED) is 0.663. The number of carboxylic acid groups (broad SMARTS) is 1. The summed E-state index contributed by atoms with van der Waals surface area (Å²) in [5, 5.41) is 9.54. The molecule has 0 spiro atoms. The van der Waals surface area contributed by atoms with Crippen molar-refractivity contribution in [3.05, 3.63) is 78.4 Å². The highest BCUT2D eigenvalue weighted by Gasteiger charge is 2.49. The lowest BCUT2D eigenvalue weighted by molar-refractivity contribution is -0.139. The summed E-state index contributed by atoms with van der Waals surface area (Å²) < 4.78 is 25.4. The van der Waals surface area contributed by atoms with Gasteiger partial charge in [0.05, 0.1) is 0 Å². The van der Waals surface area contributed by atoms with Crippen LogP contribution in [0, 0.1) is 6.92 Å². The molecule has 1 heterocycles. The third-order valence-corrected chi connectivity index (χ3v) is 8.24. The first kappa shape index (κ1) is 22.0. The van der Waals surface area contributed by atoms with Crippen LogP contribution in [0.15, 0.2) is 67.3 Å². The van der Waals surface area contributed by atoms with Crippen LogP contribution in [0.5, 0.6) is 0 Å². The average Bonchev–Trinajstić information content (AvgIpc) is 2.74. The molecular formula is C24H27NO4S. The van der Waals surface area contributed by atoms with Crippen LogP contribution in [-0.2, 0) is 14.8 Å². The van der Waals surface area contributed by atoms with Crippen LogP contribution in [0.25, 0.3) is 16.7 Å². The van der Waals surface area contributed by atoms with Gasteiger partial charge in [0.25, 0.3) is 0 Å². The Hall–Kier alpha value is -2.70. The summed E-state index contributed by atoms with van der Waals surface area (Å²) >= 11 is 0. The van der Waals surface area contributed by atoms with E-state index in [9.17, 15) is 18.3 Å². The minimum atomic E-state index is -4.02. The summed E-state index contributed by atoms with van der Waals surface area (Å²) in [4.78, 5) is 11.7. The lowest BCUT2D eigenvalue weighted by Crippen LogP contribution is -2.52. The van der Waals surface area contributed by atoms with Crippen LogP contribution in [0.1, 0.15) is 30.9 Å². The second-order valence-electron chi connectivity index (χ2n) is 7.77. The fourth-order valence-electron chi connectivity index (χ4n) is 3.80. The van der Waals surface area contributed by atoms with Gasteiger partial charge in [0.15, 0.2) is 4.75 Å². The van der Waals surface area contributed by atoms with E-state index < -0.39 is 20.7 Å². The van der Waals surface area contributed by atoms with E-state index in [1.807, 2.05) is 24.3 Å². The van der Waals surface area contributed by atoms with Gasteiger partial charge < -0.3 is 5.11 Å². The molecule has 0 radical (unpaired) electrons. The van der Waals surface area contributed by atoms with Crippen molar-refractivity contribution in [2.75, 3.05) is 13.1 Å². The molecule has 1 aliphatic heterocycles. The molecule has 0 aliphatic carbocycles. The Labute approximate surface area is 178 Å². The summed E-state index contributed by atoms with van der Waals surface area (Å²) in [6.07, 6.45) is 3.62. The zero-order chi connectivity index (χ0) is 21.9. The third-order valence-electron chi connectivity index (χ3n) is 5.75. The molecule has 0 saturated heterocycles. The van der Waals surface area contributed by atoms with Gasteiger partial charge in [-0.15, -0.1) is 6.58 Å². The molecule has 3 rings (SSSR count). The molecule has 1 atom stereocenters. The number of rotatable bonds is 7. The number of nitrogens with zero attached hydrogens (tertiary/aromatic N) is 1. The summed E-state index contributed by atoms with van der Waals surface area (Å²) in [7, 11) is -4.02. The van der Waals surface area contributed by atoms with Gasteiger partial charge in [-0.3, -0.25) is 4.79 Å². The fourth-order valence-corrected chi connectivity index (χ4v) is 5.52. The average molecular weight is 426 g/mol. The highest BCUT2D eigenvalue weighted by atomic mass is 32.2. The molecule has 0 aromatic heterocycles. The smallest absolute Gasteiger partial charge is 0.326 e. The number of carboxylic acids is 1. The first-order valence-corrected chi connectivity index (χ1v) is 11.3. The molecule has 2 aromatic carbocycles. The van der Waals surface area contributed by atoms with E-state index in [4.69, 9.17) is 0 Å². The lowest BCUT2D eigenvalue weighted by atomic mass is 9.94. The van der Waals surface area contributed by atoms with Crippen LogP contribution in [0.3, 0.4) is 0 Å². The van der Waals surface area contributed by atoms with Crippen LogP contribution in [0.4, 0.5) is 0 Å². The van der Waals surface area contributed by atoms with Crippen LogP contribution in [0.2, 0.25) is 0 Å². The highest BCUT2D eigenvalue weighted by molar-refractivity contribution is 7.91. The van der Waals surface area contributed by atoms with Crippen molar-refractivity contribution in [1.82, 2.24) is 4.31 Å². The van der Waals surface area contributed by atoms with E-state index in [0.717, 1.165) is 22.3 Å². The second-order valence-corrected chi connectivity index (χ2v) is 10.1. The number of hydrogen-bond acceptors (Lipinski definition) is 3. The Morgan fingerprint density at radius 1 is 1.20 bits per heavy atom. The molecule has 5 nitrogen and oxygen atoms in total. The maximum Gasteiger partial charge on any atom is 0.326 e. The first-order chi connectivity index (χ1) is 14.2. The maximum atomic E-state index is 13.0. The number of aryl methyl sites for hydroxylation is 1. The predicted octanol–water partition coefficient (Wildman–Crippen LogP) is 4.50. The van der Waals surface area contributed by atoms with E-state index in [1.165, 1.54) is 22.9 Å². The number of allylic oxidation sites excluding steroid dienone is 1. The van der Waals surface area contributed by atoms with Gasteiger partial charge in [-0.2, -0.15) is 4.31 Å². The van der Waals surface area contributed by atoms with Gasteiger partial charge in [0.2, 0.25) is 10.0 Å². The van der Waals surface area contributed by atoms with Crippen molar-refractivity contribution in [3.63, 3.8) is 0 Å². The topological polar surface area (TPSA) is 74.7 Å². The van der Waals surface area contributed by atoms with Crippen molar-refractivity contribution in [3.8, 4) is 11.1 Å². The number of sulfonamides is 1. The van der Waals surface area contributed by atoms with Crippen molar-refractivity contribution in [1.29, 1.82) is 0 Å². The Balaban J connectivity index is 1.83. The summed E-state index contributed by atoms with van der Waals surface area (Å²) in [5.74, 6) is -1.36. The maximum absolute atomic E-state index is 13.0.